The van der Waals surface area contributed by atoms with Crippen molar-refractivity contribution in [3.05, 3.63) is 28.7 Å². The lowest BCUT2D eigenvalue weighted by Gasteiger charge is -2.25. The highest BCUT2D eigenvalue weighted by molar-refractivity contribution is 9.10. The van der Waals surface area contributed by atoms with Gasteiger partial charge in [0, 0.05) is 23.2 Å². The first-order chi connectivity index (χ1) is 6.65. The molecule has 1 aromatic rings. The zero-order valence-electron chi connectivity index (χ0n) is 8.37. The lowest BCUT2D eigenvalue weighted by atomic mass is 10.2. The lowest BCUT2D eigenvalue weighted by Crippen LogP contribution is -2.28. The first-order valence-corrected chi connectivity index (χ1v) is 5.30. The Balaban J connectivity index is 2.74. The fourth-order valence-corrected chi connectivity index (χ4v) is 1.46. The van der Waals surface area contributed by atoms with Crippen LogP contribution < -0.4 is 4.90 Å². The van der Waals surface area contributed by atoms with Crippen molar-refractivity contribution in [1.82, 2.24) is 0 Å². The Morgan fingerprint density at radius 2 is 2.00 bits per heavy atom. The molecule has 74 valence electrons. The third-order valence-electron chi connectivity index (χ3n) is 2.28. The van der Waals surface area contributed by atoms with E-state index in [0.29, 0.717) is 6.42 Å². The average molecular weight is 253 g/mol. The number of nitriles is 1. The van der Waals surface area contributed by atoms with Gasteiger partial charge in [-0.15, -0.1) is 0 Å². The minimum absolute atomic E-state index is 0.251. The Kier molecular flexibility index (Phi) is 3.97. The molecule has 3 heteroatoms. The number of rotatable bonds is 3. The monoisotopic (exact) mass is 252 g/mol. The summed E-state index contributed by atoms with van der Waals surface area (Å²) in [6, 6.07) is 10.5. The molecule has 0 bridgehead atoms. The molecule has 0 aliphatic carbocycles. The van der Waals surface area contributed by atoms with Gasteiger partial charge in [-0.05, 0) is 31.2 Å². The molecule has 0 radical (unpaired) electrons. The summed E-state index contributed by atoms with van der Waals surface area (Å²) in [7, 11) is 2.01. The molecule has 0 aromatic heterocycles. The van der Waals surface area contributed by atoms with Gasteiger partial charge in [-0.1, -0.05) is 15.9 Å². The van der Waals surface area contributed by atoms with Crippen molar-refractivity contribution >= 4 is 21.6 Å². The summed E-state index contributed by atoms with van der Waals surface area (Å²) in [5.41, 5.74) is 1.14. The molecule has 0 aliphatic rings. The van der Waals surface area contributed by atoms with E-state index in [1.807, 2.05) is 38.2 Å². The van der Waals surface area contributed by atoms with Gasteiger partial charge in [0.25, 0.3) is 0 Å². The molecule has 0 aliphatic heterocycles. The van der Waals surface area contributed by atoms with Crippen molar-refractivity contribution in [3.8, 4) is 6.07 Å². The van der Waals surface area contributed by atoms with E-state index in [2.05, 4.69) is 26.9 Å². The zero-order chi connectivity index (χ0) is 10.6. The number of halogens is 1. The van der Waals surface area contributed by atoms with Crippen molar-refractivity contribution in [1.29, 1.82) is 5.26 Å². The summed E-state index contributed by atoms with van der Waals surface area (Å²) >= 11 is 3.39. The molecule has 0 N–H and O–H groups in total. The Labute approximate surface area is 93.3 Å². The molecule has 0 spiro atoms. The number of nitrogens with zero attached hydrogens (tertiary/aromatic N) is 2. The van der Waals surface area contributed by atoms with E-state index in [9.17, 15) is 0 Å². The predicted octanol–water partition coefficient (Wildman–Crippen LogP) is 3.19. The molecular formula is C11H13BrN2. The third kappa shape index (κ3) is 2.74. The minimum atomic E-state index is 0.251. The van der Waals surface area contributed by atoms with Crippen LogP contribution in [0.2, 0.25) is 0 Å². The molecule has 2 nitrogen and oxygen atoms in total. The smallest absolute Gasteiger partial charge is 0.0643 e. The van der Waals surface area contributed by atoms with Gasteiger partial charge in [0.2, 0.25) is 0 Å². The second-order valence-electron chi connectivity index (χ2n) is 3.30. The number of benzene rings is 1. The van der Waals surface area contributed by atoms with E-state index in [4.69, 9.17) is 5.26 Å². The van der Waals surface area contributed by atoms with Crippen LogP contribution in [0, 0.1) is 11.3 Å². The molecule has 14 heavy (non-hydrogen) atoms. The maximum atomic E-state index is 8.59. The molecule has 1 aromatic carbocycles. The molecule has 0 fully saturated rings. The number of anilines is 1. The fourth-order valence-electron chi connectivity index (χ4n) is 1.20. The van der Waals surface area contributed by atoms with Crippen LogP contribution in [-0.2, 0) is 0 Å². The van der Waals surface area contributed by atoms with Gasteiger partial charge in [-0.2, -0.15) is 5.26 Å². The second-order valence-corrected chi connectivity index (χ2v) is 4.21. The van der Waals surface area contributed by atoms with Crippen LogP contribution in [0.1, 0.15) is 13.3 Å². The molecule has 1 atom stereocenters. The molecule has 0 saturated heterocycles. The molecule has 0 saturated carbocycles. The molecule has 1 rings (SSSR count). The van der Waals surface area contributed by atoms with Gasteiger partial charge >= 0.3 is 0 Å². The highest BCUT2D eigenvalue weighted by Gasteiger charge is 2.08. The molecular weight excluding hydrogens is 240 g/mol. The maximum absolute atomic E-state index is 8.59. The summed E-state index contributed by atoms with van der Waals surface area (Å²) in [5.74, 6) is 0. The summed E-state index contributed by atoms with van der Waals surface area (Å²) in [5, 5.41) is 8.59. The van der Waals surface area contributed by atoms with Crippen molar-refractivity contribution in [2.75, 3.05) is 11.9 Å². The fraction of sp³-hybridized carbons (Fsp3) is 0.364. The Hall–Kier alpha value is -1.01. The number of hydrogen-bond acceptors (Lipinski definition) is 2. The van der Waals surface area contributed by atoms with Crippen molar-refractivity contribution < 1.29 is 0 Å². The molecule has 1 unspecified atom stereocenters. The van der Waals surface area contributed by atoms with E-state index in [1.54, 1.807) is 0 Å². The predicted molar refractivity (Wildman–Crippen MR) is 62.2 cm³/mol. The Morgan fingerprint density at radius 1 is 1.43 bits per heavy atom. The summed E-state index contributed by atoms with van der Waals surface area (Å²) in [6.45, 7) is 2.05. The highest BCUT2D eigenvalue weighted by Crippen LogP contribution is 2.19. The van der Waals surface area contributed by atoms with Crippen LogP contribution in [-0.4, -0.2) is 13.1 Å². The van der Waals surface area contributed by atoms with Gasteiger partial charge in [0.15, 0.2) is 0 Å². The minimum Gasteiger partial charge on any atom is -0.371 e. The lowest BCUT2D eigenvalue weighted by molar-refractivity contribution is 0.702. The average Bonchev–Trinajstić information content (AvgIpc) is 2.18. The topological polar surface area (TPSA) is 27.0 Å². The van der Waals surface area contributed by atoms with Crippen LogP contribution in [0.3, 0.4) is 0 Å². The van der Waals surface area contributed by atoms with Crippen molar-refractivity contribution in [2.24, 2.45) is 0 Å². The highest BCUT2D eigenvalue weighted by atomic mass is 79.9. The normalized spacial score (nSPS) is 11.9. The van der Waals surface area contributed by atoms with E-state index >= 15 is 0 Å². The van der Waals surface area contributed by atoms with E-state index < -0.39 is 0 Å². The van der Waals surface area contributed by atoms with Gasteiger partial charge in [-0.25, -0.2) is 0 Å². The maximum Gasteiger partial charge on any atom is 0.0643 e. The number of hydrogen-bond donors (Lipinski definition) is 0. The Bertz CT molecular complexity index is 326. The first kappa shape index (κ1) is 11.1. The van der Waals surface area contributed by atoms with Crippen molar-refractivity contribution in [2.45, 2.75) is 19.4 Å². The van der Waals surface area contributed by atoms with Crippen molar-refractivity contribution in [3.63, 3.8) is 0 Å². The van der Waals surface area contributed by atoms with Crippen LogP contribution >= 0.6 is 15.9 Å². The quantitative estimate of drug-likeness (QED) is 0.827. The van der Waals surface area contributed by atoms with Gasteiger partial charge in [0.05, 0.1) is 12.5 Å². The summed E-state index contributed by atoms with van der Waals surface area (Å²) < 4.78 is 1.07. The van der Waals surface area contributed by atoms with E-state index in [0.717, 1.165) is 10.2 Å². The zero-order valence-corrected chi connectivity index (χ0v) is 9.95. The van der Waals surface area contributed by atoms with Crippen LogP contribution in [0.4, 0.5) is 5.69 Å². The van der Waals surface area contributed by atoms with Gasteiger partial charge in [-0.3, -0.25) is 0 Å². The summed E-state index contributed by atoms with van der Waals surface area (Å²) in [6.07, 6.45) is 0.548. The Morgan fingerprint density at radius 3 is 2.50 bits per heavy atom. The largest absolute Gasteiger partial charge is 0.371 e. The summed E-state index contributed by atoms with van der Waals surface area (Å²) in [4.78, 5) is 2.11. The van der Waals surface area contributed by atoms with Gasteiger partial charge in [0.1, 0.15) is 0 Å². The second kappa shape index (κ2) is 5.02. The first-order valence-electron chi connectivity index (χ1n) is 4.50. The third-order valence-corrected chi connectivity index (χ3v) is 2.81. The van der Waals surface area contributed by atoms with Crippen LogP contribution in [0.25, 0.3) is 0 Å². The SMILES string of the molecule is CC(CC#N)N(C)c1ccc(Br)cc1. The molecule has 0 heterocycles. The van der Waals surface area contributed by atoms with Gasteiger partial charge < -0.3 is 4.90 Å². The molecule has 0 amide bonds. The van der Waals surface area contributed by atoms with Crippen LogP contribution in [0.15, 0.2) is 28.7 Å². The van der Waals surface area contributed by atoms with E-state index in [1.165, 1.54) is 0 Å². The standard InChI is InChI=1S/C11H13BrN2/c1-9(7-8-13)14(2)11-5-3-10(12)4-6-11/h3-6,9H,7H2,1-2H3. The van der Waals surface area contributed by atoms with E-state index in [-0.39, 0.29) is 6.04 Å². The van der Waals surface area contributed by atoms with Crippen LogP contribution in [0.5, 0.6) is 0 Å².